The molecule has 17 nitrogen and oxygen atoms in total. The lowest BCUT2D eigenvalue weighted by Crippen LogP contribution is -2.60. The van der Waals surface area contributed by atoms with Crippen molar-refractivity contribution in [3.05, 3.63) is 0 Å². The molecule has 0 saturated carbocycles. The summed E-state index contributed by atoms with van der Waals surface area (Å²) in [5.74, 6) is 0. The molecule has 0 saturated heterocycles. The minimum Gasteiger partial charge on any atom is -0.437 e. The Morgan fingerprint density at radius 2 is 0.393 bits per heavy atom. The van der Waals surface area contributed by atoms with Gasteiger partial charge in [-0.3, -0.25) is 0 Å². The van der Waals surface area contributed by atoms with E-state index in [1.165, 1.54) is 0 Å². The Bertz CT molecular complexity index is 1700. The lowest BCUT2D eigenvalue weighted by molar-refractivity contribution is -0.191. The van der Waals surface area contributed by atoms with Crippen LogP contribution in [0, 0.1) is 0 Å². The van der Waals surface area contributed by atoms with E-state index < -0.39 is 151 Å². The van der Waals surface area contributed by atoms with Crippen LogP contribution < -0.4 is 0 Å². The van der Waals surface area contributed by atoms with E-state index in [0.717, 1.165) is 6.04 Å². The number of rotatable bonds is 47. The zero-order chi connectivity index (χ0) is 66.3. The summed E-state index contributed by atoms with van der Waals surface area (Å²) in [6, 6.07) is 2.38. The fourth-order valence-electron chi connectivity index (χ4n) is 9.76. The van der Waals surface area contributed by atoms with Gasteiger partial charge in [-0.1, -0.05) is 0 Å². The van der Waals surface area contributed by atoms with Gasteiger partial charge in [0.15, 0.2) is 91.5 Å². The van der Waals surface area contributed by atoms with Crippen LogP contribution in [0.25, 0.3) is 0 Å². The van der Waals surface area contributed by atoms with Gasteiger partial charge >= 0.3 is 35.0 Å². The molecule has 0 radical (unpaired) electrons. The summed E-state index contributed by atoms with van der Waals surface area (Å²) in [6.45, 7) is 75.0. The predicted molar refractivity (Wildman–Crippen MR) is 388 cm³/mol. The smallest absolute Gasteiger partial charge is 0.437 e. The maximum absolute atomic E-state index is 11.7. The first-order chi connectivity index (χ1) is 37.1. The second-order valence-electron chi connectivity index (χ2n) is 33.8. The van der Waals surface area contributed by atoms with Crippen LogP contribution in [0.4, 0.5) is 0 Å². The summed E-state index contributed by atoms with van der Waals surface area (Å²) >= 11 is 0. The summed E-state index contributed by atoms with van der Waals surface area (Å²) in [4.78, 5) is 0. The highest BCUT2D eigenvalue weighted by atomic mass is 28.5. The second-order valence-corrected chi connectivity index (χ2v) is 97.6. The lowest BCUT2D eigenvalue weighted by atomic mass is 10.0. The van der Waals surface area contributed by atoms with Gasteiger partial charge in [-0.15, -0.1) is 0 Å². The molecule has 0 aromatic rings. The molecule has 0 heterocycles. The van der Waals surface area contributed by atoms with Gasteiger partial charge in [-0.25, -0.2) is 0 Å². The zero-order valence-electron chi connectivity index (χ0n) is 60.7. The zero-order valence-corrected chi connectivity index (χ0v) is 75.7. The highest BCUT2D eigenvalue weighted by Gasteiger charge is 2.53. The molecule has 0 bridgehead atoms. The van der Waals surface area contributed by atoms with Crippen molar-refractivity contribution < 1.29 is 74.4 Å². The third-order valence-electron chi connectivity index (χ3n) is 10.6. The Morgan fingerprint density at radius 1 is 0.226 bits per heavy atom. The number of hydrogen-bond acceptors (Lipinski definition) is 17. The van der Waals surface area contributed by atoms with Crippen molar-refractivity contribution in [1.82, 2.24) is 0 Å². The van der Waals surface area contributed by atoms with E-state index in [4.69, 9.17) is 64.2 Å². The van der Waals surface area contributed by atoms with Gasteiger partial charge in [0.1, 0.15) is 24.4 Å². The van der Waals surface area contributed by atoms with E-state index in [1.807, 2.05) is 0 Å². The number of ether oxygens (including phenoxy) is 4. The van der Waals surface area contributed by atoms with Crippen molar-refractivity contribution in [3.63, 3.8) is 0 Å². The Kier molecular flexibility index (Phi) is 35.4. The summed E-state index contributed by atoms with van der Waals surface area (Å²) in [5, 5.41) is 23.3. The standard InChI is InChI=1S/C52H136O17Si15/c1-70(2,3)59-81(34,60-71(4,5)6)43-35-39-55-49(47-53)51(57-41-37-45-83(64-75(16,17)18,65-76(19,20)21)66-77(22,23)24)52(58-42-38-46-84(67-78(25,26)27,68-79(28,29)30)69-80(31,32)33)50(48-54)56-40-36-44-82(61-72(7,8)9,62-73(10,11)12)63-74(13,14)15/h49-54H,35-48H2,1-34H3/t49-,50-,51-,52+/m0/s1. The first-order valence-electron chi connectivity index (χ1n) is 31.5. The van der Waals surface area contributed by atoms with Crippen molar-refractivity contribution in [1.29, 1.82) is 0 Å². The largest absolute Gasteiger partial charge is 0.469 e. The molecule has 0 fully saturated rings. The van der Waals surface area contributed by atoms with Gasteiger partial charge in [0.2, 0.25) is 0 Å². The SMILES string of the molecule is C[Si](C)(C)O[Si](C)(CCCO[C@@H](CO)[C@H](OCCC[Si](O[Si](C)(C)C)(O[Si](C)(C)C)O[Si](C)(C)C)[C@H](OCCC[Si](O[Si](C)(C)C)(O[Si](C)(C)C)O[Si](C)(C)C)[C@H](CO)OCCC[Si](O[Si](C)(C)C)(O[Si](C)(C)C)O[Si](C)(C)C)O[Si](C)(C)C. The minimum atomic E-state index is -3.25. The molecule has 0 spiro atoms. The van der Waals surface area contributed by atoms with Crippen molar-refractivity contribution in [3.8, 4) is 0 Å². The third kappa shape index (κ3) is 43.5. The number of aliphatic hydroxyl groups is 2. The molecule has 0 aliphatic heterocycles. The Labute approximate surface area is 533 Å². The molecular formula is C52H136O17Si15. The molecule has 0 amide bonds. The van der Waals surface area contributed by atoms with Crippen LogP contribution >= 0.6 is 0 Å². The average Bonchev–Trinajstić information content (AvgIpc) is 3.14. The van der Waals surface area contributed by atoms with Crippen LogP contribution in [-0.4, -0.2) is 201 Å². The monoisotopic (exact) mass is 1450 g/mol. The quantitative estimate of drug-likeness (QED) is 0.0434. The topological polar surface area (TPSA) is 179 Å². The van der Waals surface area contributed by atoms with Crippen LogP contribution in [-0.2, 0) is 64.2 Å². The fourth-order valence-corrected chi connectivity index (χ4v) is 66.1. The molecule has 4 atom stereocenters. The first kappa shape index (κ1) is 86.6. The highest BCUT2D eigenvalue weighted by molar-refractivity contribution is 6.92. The molecule has 0 aromatic carbocycles. The number of aliphatic hydroxyl groups excluding tert-OH is 2. The van der Waals surface area contributed by atoms with Gasteiger partial charge in [-0.2, -0.15) is 0 Å². The molecule has 0 aliphatic carbocycles. The average molecular weight is 1450 g/mol. The Hall–Kier alpha value is 2.57. The van der Waals surface area contributed by atoms with E-state index in [9.17, 15) is 10.2 Å². The molecule has 84 heavy (non-hydrogen) atoms. The highest BCUT2D eigenvalue weighted by Crippen LogP contribution is 2.35. The molecule has 2 N–H and O–H groups in total. The van der Waals surface area contributed by atoms with Crippen LogP contribution in [0.15, 0.2) is 0 Å². The molecule has 0 aromatic heterocycles. The Balaban J connectivity index is 8.11. The van der Waals surface area contributed by atoms with Gasteiger partial charge in [0.05, 0.1) is 13.2 Å². The lowest BCUT2D eigenvalue weighted by Gasteiger charge is -2.43. The van der Waals surface area contributed by atoms with Crippen molar-refractivity contribution in [2.24, 2.45) is 0 Å². The molecule has 506 valence electrons. The van der Waals surface area contributed by atoms with Crippen molar-refractivity contribution in [2.75, 3.05) is 39.6 Å². The van der Waals surface area contributed by atoms with Gasteiger partial charge < -0.3 is 74.4 Å². The van der Waals surface area contributed by atoms with Crippen molar-refractivity contribution in [2.45, 2.75) is 297 Å². The van der Waals surface area contributed by atoms with Crippen LogP contribution in [0.5, 0.6) is 0 Å². The van der Waals surface area contributed by atoms with Gasteiger partial charge in [0, 0.05) is 44.6 Å². The van der Waals surface area contributed by atoms with E-state index in [1.54, 1.807) is 0 Å². The molecule has 0 unspecified atom stereocenters. The third-order valence-corrected chi connectivity index (χ3v) is 56.3. The summed E-state index contributed by atoms with van der Waals surface area (Å²) in [6.07, 6.45) is -1.27. The maximum Gasteiger partial charge on any atom is 0.469 e. The van der Waals surface area contributed by atoms with Gasteiger partial charge in [0.25, 0.3) is 0 Å². The normalized spacial score (nSPS) is 16.6. The molecule has 0 aliphatic rings. The predicted octanol–water partition coefficient (Wildman–Crippen LogP) is 15.3. The van der Waals surface area contributed by atoms with Crippen LogP contribution in [0.2, 0.25) is 247 Å². The maximum atomic E-state index is 11.7. The van der Waals surface area contributed by atoms with Crippen molar-refractivity contribution >= 4 is 126 Å². The number of hydrogen-bond donors (Lipinski definition) is 2. The second kappa shape index (κ2) is 34.3. The van der Waals surface area contributed by atoms with E-state index in [0.29, 0.717) is 50.4 Å². The van der Waals surface area contributed by atoms with Crippen LogP contribution in [0.3, 0.4) is 0 Å². The summed E-state index contributed by atoms with van der Waals surface area (Å²) in [5.41, 5.74) is 0. The van der Waals surface area contributed by atoms with E-state index >= 15 is 0 Å². The van der Waals surface area contributed by atoms with E-state index in [-0.39, 0.29) is 33.0 Å². The Morgan fingerprint density at radius 3 is 0.560 bits per heavy atom. The summed E-state index contributed by atoms with van der Waals surface area (Å²) in [7, 11) is -35.8. The van der Waals surface area contributed by atoms with Crippen LogP contribution in [0.1, 0.15) is 25.7 Å². The molecular weight excluding hydrogens is 1320 g/mol. The minimum absolute atomic E-state index is 0.241. The summed E-state index contributed by atoms with van der Waals surface area (Å²) < 4.78 is 106. The first-order valence-corrected chi connectivity index (χ1v) is 77.3. The fraction of sp³-hybridized carbons (Fsp3) is 1.00. The molecule has 32 heteroatoms. The molecule has 0 rings (SSSR count). The van der Waals surface area contributed by atoms with Gasteiger partial charge in [-0.05, 0) is 254 Å². The van der Waals surface area contributed by atoms with E-state index in [2.05, 4.69) is 223 Å².